The van der Waals surface area contributed by atoms with Crippen LogP contribution in [0.4, 0.5) is 0 Å². The zero-order valence-corrected chi connectivity index (χ0v) is 17.3. The van der Waals surface area contributed by atoms with Gasteiger partial charge in [0.25, 0.3) is 0 Å². The summed E-state index contributed by atoms with van der Waals surface area (Å²) in [7, 11) is -1.05. The second-order valence-electron chi connectivity index (χ2n) is 6.49. The summed E-state index contributed by atoms with van der Waals surface area (Å²) in [6, 6.07) is 24.5. The van der Waals surface area contributed by atoms with Crippen LogP contribution >= 0.6 is 7.92 Å². The minimum absolute atomic E-state index is 1.03. The molecule has 0 unspecified atom stereocenters. The van der Waals surface area contributed by atoms with Crippen LogP contribution in [-0.2, 0) is 0 Å². The molecule has 0 aliphatic carbocycles. The van der Waals surface area contributed by atoms with Crippen LogP contribution in [0.3, 0.4) is 0 Å². The van der Waals surface area contributed by atoms with Gasteiger partial charge in [-0.15, -0.1) is 0 Å². The number of hydrogen-bond donors (Lipinski definition) is 0. The van der Waals surface area contributed by atoms with Crippen molar-refractivity contribution in [3.8, 4) is 34.7 Å². The molecule has 3 aromatic rings. The summed E-state index contributed by atoms with van der Waals surface area (Å²) in [6.45, 7) is 6.22. The van der Waals surface area contributed by atoms with Crippen LogP contribution in [0.15, 0.2) is 72.8 Å². The molecule has 3 aromatic carbocycles. The van der Waals surface area contributed by atoms with Crippen molar-refractivity contribution >= 4 is 7.92 Å². The van der Waals surface area contributed by atoms with E-state index in [0.29, 0.717) is 0 Å². The van der Waals surface area contributed by atoms with Gasteiger partial charge in [-0.3, -0.25) is 0 Å². The molecule has 0 nitrogen and oxygen atoms in total. The largest absolute Gasteiger partial charge is 0.128 e. The van der Waals surface area contributed by atoms with Crippen molar-refractivity contribution in [1.82, 2.24) is 0 Å². The average Bonchev–Trinajstić information content (AvgIpc) is 2.71. The van der Waals surface area contributed by atoms with E-state index in [1.54, 1.807) is 0 Å². The second kappa shape index (κ2) is 9.63. The van der Waals surface area contributed by atoms with E-state index in [9.17, 15) is 0 Å². The summed E-state index contributed by atoms with van der Waals surface area (Å²) >= 11 is 0. The predicted octanol–water partition coefficient (Wildman–Crippen LogP) is 6.42. The van der Waals surface area contributed by atoms with Crippen molar-refractivity contribution in [3.63, 3.8) is 0 Å². The minimum atomic E-state index is -1.05. The van der Waals surface area contributed by atoms with Crippen molar-refractivity contribution in [2.75, 3.05) is 0 Å². The summed E-state index contributed by atoms with van der Waals surface area (Å²) in [5.74, 6) is 9.87. The van der Waals surface area contributed by atoms with Gasteiger partial charge >= 0.3 is 0 Å². The number of aryl methyl sites for hydroxylation is 3. The van der Waals surface area contributed by atoms with Crippen LogP contribution in [-0.4, -0.2) is 0 Å². The lowest BCUT2D eigenvalue weighted by Gasteiger charge is -1.98. The summed E-state index contributed by atoms with van der Waals surface area (Å²) in [4.78, 5) is 0. The molecule has 28 heavy (non-hydrogen) atoms. The number of hydrogen-bond acceptors (Lipinski definition) is 0. The van der Waals surface area contributed by atoms with Crippen molar-refractivity contribution in [1.29, 1.82) is 0 Å². The summed E-state index contributed by atoms with van der Waals surface area (Å²) < 4.78 is 0. The molecule has 1 heteroatoms. The van der Waals surface area contributed by atoms with Crippen molar-refractivity contribution < 1.29 is 0 Å². The van der Waals surface area contributed by atoms with Gasteiger partial charge in [-0.2, -0.15) is 0 Å². The molecule has 0 atom stereocenters. The van der Waals surface area contributed by atoms with Crippen molar-refractivity contribution in [2.24, 2.45) is 0 Å². The van der Waals surface area contributed by atoms with Gasteiger partial charge < -0.3 is 0 Å². The van der Waals surface area contributed by atoms with Gasteiger partial charge in [0.15, 0.2) is 0 Å². The van der Waals surface area contributed by atoms with Gasteiger partial charge in [0.2, 0.25) is 0 Å². The smallest absolute Gasteiger partial charge is 0.0619 e. The van der Waals surface area contributed by atoms with Gasteiger partial charge in [0.05, 0.1) is 0 Å². The molecule has 0 saturated carbocycles. The van der Waals surface area contributed by atoms with E-state index >= 15 is 0 Å². The van der Waals surface area contributed by atoms with Crippen LogP contribution in [0.2, 0.25) is 0 Å². The molecule has 0 saturated heterocycles. The molecule has 134 valence electrons. The molecule has 0 aliphatic heterocycles. The van der Waals surface area contributed by atoms with Crippen LogP contribution in [0, 0.1) is 55.5 Å². The Bertz CT molecular complexity index is 1020. The SMILES string of the molecule is Cc1ccccc1C#CP(C#Cc1ccccc1C)C#Cc1ccccc1C. The lowest BCUT2D eigenvalue weighted by Crippen LogP contribution is -1.81. The monoisotopic (exact) mass is 376 g/mol. The maximum Gasteiger partial charge on any atom is 0.128 e. The van der Waals surface area contributed by atoms with E-state index in [-0.39, 0.29) is 0 Å². The highest BCUT2D eigenvalue weighted by molar-refractivity contribution is 7.72. The van der Waals surface area contributed by atoms with E-state index in [1.165, 1.54) is 16.7 Å². The first-order valence-electron chi connectivity index (χ1n) is 9.15. The van der Waals surface area contributed by atoms with Crippen LogP contribution in [0.1, 0.15) is 33.4 Å². The maximum absolute atomic E-state index is 3.32. The van der Waals surface area contributed by atoms with Gasteiger partial charge in [0.1, 0.15) is 7.92 Å². The highest BCUT2D eigenvalue weighted by atomic mass is 31.1. The fourth-order valence-corrected chi connectivity index (χ4v) is 3.44. The fraction of sp³-hybridized carbons (Fsp3) is 0.111. The molecule has 0 fully saturated rings. The van der Waals surface area contributed by atoms with Gasteiger partial charge in [-0.05, 0) is 72.6 Å². The van der Waals surface area contributed by atoms with Crippen molar-refractivity contribution in [2.45, 2.75) is 20.8 Å². The quantitative estimate of drug-likeness (QED) is 0.314. The Morgan fingerprint density at radius 3 is 1.04 bits per heavy atom. The Hall–Kier alpha value is -3.23. The number of rotatable bonds is 0. The first-order chi connectivity index (χ1) is 13.6. The Morgan fingerprint density at radius 1 is 0.464 bits per heavy atom. The molecule has 0 aromatic heterocycles. The molecule has 3 rings (SSSR count). The second-order valence-corrected chi connectivity index (χ2v) is 7.83. The molecule has 0 bridgehead atoms. The highest BCUT2D eigenvalue weighted by Crippen LogP contribution is 2.31. The molecule has 0 N–H and O–H groups in total. The zero-order chi connectivity index (χ0) is 19.8. The van der Waals surface area contributed by atoms with E-state index in [2.05, 4.69) is 73.7 Å². The number of benzene rings is 3. The topological polar surface area (TPSA) is 0 Å². The fourth-order valence-electron chi connectivity index (χ4n) is 2.57. The third-order valence-electron chi connectivity index (χ3n) is 4.34. The molecule has 0 spiro atoms. The van der Waals surface area contributed by atoms with E-state index in [1.807, 2.05) is 54.6 Å². The molecule has 0 amide bonds. The minimum Gasteiger partial charge on any atom is -0.0619 e. The zero-order valence-electron chi connectivity index (χ0n) is 16.4. The van der Waals surface area contributed by atoms with Crippen molar-refractivity contribution in [3.05, 3.63) is 106 Å². The summed E-state index contributed by atoms with van der Waals surface area (Å²) in [5.41, 5.74) is 16.6. The highest BCUT2D eigenvalue weighted by Gasteiger charge is 1.99. The molecule has 0 radical (unpaired) electrons. The normalized spacial score (nSPS) is 9.43. The molecule has 0 aliphatic rings. The van der Waals surface area contributed by atoms with Gasteiger partial charge in [-0.25, -0.2) is 0 Å². The Labute approximate surface area is 169 Å². The molecule has 0 heterocycles. The van der Waals surface area contributed by atoms with E-state index in [4.69, 9.17) is 0 Å². The standard InChI is InChI=1S/C27H21P/c1-22-10-4-7-13-25(22)16-19-28(20-17-26-14-8-5-11-23(26)2)21-18-27-15-9-6-12-24(27)3/h4-15H,1-3H3. The molecular formula is C27H21P. The Balaban J connectivity index is 1.97. The first kappa shape index (κ1) is 19.5. The van der Waals surface area contributed by atoms with Crippen LogP contribution < -0.4 is 0 Å². The average molecular weight is 376 g/mol. The summed E-state index contributed by atoms with van der Waals surface area (Å²) in [5, 5.41) is 0. The van der Waals surface area contributed by atoms with E-state index < -0.39 is 7.92 Å². The lowest BCUT2D eigenvalue weighted by atomic mass is 10.1. The maximum atomic E-state index is 3.32. The lowest BCUT2D eigenvalue weighted by molar-refractivity contribution is 1.44. The Morgan fingerprint density at radius 2 is 0.750 bits per heavy atom. The van der Waals surface area contributed by atoms with Gasteiger partial charge in [-0.1, -0.05) is 72.4 Å². The first-order valence-corrected chi connectivity index (χ1v) is 10.5. The molecular weight excluding hydrogens is 355 g/mol. The van der Waals surface area contributed by atoms with Crippen LogP contribution in [0.5, 0.6) is 0 Å². The third kappa shape index (κ3) is 5.38. The van der Waals surface area contributed by atoms with E-state index in [0.717, 1.165) is 16.7 Å². The summed E-state index contributed by atoms with van der Waals surface area (Å²) in [6.07, 6.45) is 0. The van der Waals surface area contributed by atoms with Gasteiger partial charge in [0, 0.05) is 16.7 Å². The predicted molar refractivity (Wildman–Crippen MR) is 121 cm³/mol. The third-order valence-corrected chi connectivity index (χ3v) is 5.35. The Kier molecular flexibility index (Phi) is 6.72. The van der Waals surface area contributed by atoms with Crippen LogP contribution in [0.25, 0.3) is 0 Å².